The Morgan fingerprint density at radius 2 is 1.89 bits per heavy atom. The fraction of sp³-hybridized carbons (Fsp3) is 0.538. The second-order valence-corrected chi connectivity index (χ2v) is 9.43. The molecular formula is C26H37N7O2. The zero-order valence-electron chi connectivity index (χ0n) is 21.1. The molecule has 3 heterocycles. The van der Waals surface area contributed by atoms with E-state index in [1.54, 1.807) is 31.3 Å². The van der Waals surface area contributed by atoms with E-state index in [1.165, 1.54) is 38.8 Å². The van der Waals surface area contributed by atoms with Crippen LogP contribution in [0.15, 0.2) is 24.4 Å². The number of fused-ring (bicyclic) bond motifs is 1. The Bertz CT molecular complexity index is 1040. The van der Waals surface area contributed by atoms with Crippen molar-refractivity contribution < 1.29 is 9.59 Å². The van der Waals surface area contributed by atoms with Gasteiger partial charge in [0.05, 0.1) is 6.20 Å². The normalized spacial score (nSPS) is 18.0. The van der Waals surface area contributed by atoms with E-state index in [0.29, 0.717) is 30.5 Å². The third-order valence-corrected chi connectivity index (χ3v) is 7.01. The predicted octanol–water partition coefficient (Wildman–Crippen LogP) is 3.37. The van der Waals surface area contributed by atoms with Crippen molar-refractivity contribution in [2.75, 3.05) is 48.8 Å². The van der Waals surface area contributed by atoms with Gasteiger partial charge < -0.3 is 25.8 Å². The summed E-state index contributed by atoms with van der Waals surface area (Å²) < 4.78 is 0. The first-order chi connectivity index (χ1) is 17.0. The summed E-state index contributed by atoms with van der Waals surface area (Å²) >= 11 is 0. The largest absolute Gasteiger partial charge is 0.355 e. The number of rotatable bonds is 4. The van der Waals surface area contributed by atoms with Crippen LogP contribution in [-0.2, 0) is 4.79 Å². The number of hydrogen-bond acceptors (Lipinski definition) is 7. The molecule has 2 aliphatic heterocycles. The molecule has 1 aliphatic carbocycles. The SMILES string of the molecule is C1CCNC1.CNC(=O)c1ccc(Nc2ncc3c(n2)N(C2CCCC2)CCC(=O)N3C)c(C)c1. The van der Waals surface area contributed by atoms with Crippen LogP contribution in [0, 0.1) is 6.92 Å². The lowest BCUT2D eigenvalue weighted by Crippen LogP contribution is -2.34. The molecular weight excluding hydrogens is 442 g/mol. The van der Waals surface area contributed by atoms with Gasteiger partial charge in [-0.25, -0.2) is 4.98 Å². The van der Waals surface area contributed by atoms with Crippen LogP contribution >= 0.6 is 0 Å². The fourth-order valence-electron chi connectivity index (χ4n) is 4.91. The average Bonchev–Trinajstić information content (AvgIpc) is 3.60. The van der Waals surface area contributed by atoms with Crippen molar-refractivity contribution in [3.05, 3.63) is 35.5 Å². The molecule has 1 saturated heterocycles. The zero-order valence-corrected chi connectivity index (χ0v) is 21.1. The molecule has 35 heavy (non-hydrogen) atoms. The Labute approximate surface area is 207 Å². The fourth-order valence-corrected chi connectivity index (χ4v) is 4.91. The van der Waals surface area contributed by atoms with Gasteiger partial charge in [-0.2, -0.15) is 4.98 Å². The first-order valence-corrected chi connectivity index (χ1v) is 12.7. The number of amides is 2. The lowest BCUT2D eigenvalue weighted by atomic mass is 10.1. The second kappa shape index (κ2) is 11.5. The maximum atomic E-state index is 12.5. The van der Waals surface area contributed by atoms with Crippen LogP contribution < -0.4 is 25.8 Å². The maximum Gasteiger partial charge on any atom is 0.251 e. The molecule has 9 heteroatoms. The molecule has 0 unspecified atom stereocenters. The summed E-state index contributed by atoms with van der Waals surface area (Å²) in [5.74, 6) is 1.26. The Balaban J connectivity index is 0.000000514. The number of aryl methyl sites for hydroxylation is 1. The van der Waals surface area contributed by atoms with Crippen molar-refractivity contribution in [1.29, 1.82) is 0 Å². The van der Waals surface area contributed by atoms with Crippen LogP contribution in [0.3, 0.4) is 0 Å². The summed E-state index contributed by atoms with van der Waals surface area (Å²) in [6.45, 7) is 5.12. The first-order valence-electron chi connectivity index (χ1n) is 12.7. The standard InChI is InChI=1S/C22H28N6O2.C4H9N/c1-14-12-15(21(30)23-2)8-9-17(14)25-22-24-13-18-20(26-22)28(16-6-4-5-7-16)11-10-19(29)27(18)3;1-2-4-5-3-1/h8-9,12-13,16H,4-7,10-11H2,1-3H3,(H,23,30)(H,24,25,26);5H,1-4H2. The smallest absolute Gasteiger partial charge is 0.251 e. The first kappa shape index (κ1) is 24.9. The van der Waals surface area contributed by atoms with Crippen molar-refractivity contribution in [2.24, 2.45) is 0 Å². The van der Waals surface area contributed by atoms with Gasteiger partial charge in [-0.15, -0.1) is 0 Å². The quantitative estimate of drug-likeness (QED) is 0.618. The Hall–Kier alpha value is -3.20. The van der Waals surface area contributed by atoms with Crippen molar-refractivity contribution in [1.82, 2.24) is 20.6 Å². The summed E-state index contributed by atoms with van der Waals surface area (Å²) in [4.78, 5) is 37.6. The minimum absolute atomic E-state index is 0.0849. The predicted molar refractivity (Wildman–Crippen MR) is 140 cm³/mol. The van der Waals surface area contributed by atoms with Gasteiger partial charge in [-0.1, -0.05) is 12.8 Å². The molecule has 0 radical (unpaired) electrons. The third kappa shape index (κ3) is 5.90. The Morgan fingerprint density at radius 1 is 1.14 bits per heavy atom. The van der Waals surface area contributed by atoms with Crippen molar-refractivity contribution >= 4 is 35.0 Å². The van der Waals surface area contributed by atoms with Gasteiger partial charge >= 0.3 is 0 Å². The van der Waals surface area contributed by atoms with E-state index in [1.807, 2.05) is 19.1 Å². The Kier molecular flexibility index (Phi) is 8.17. The summed E-state index contributed by atoms with van der Waals surface area (Å²) in [5, 5.41) is 9.14. The van der Waals surface area contributed by atoms with E-state index in [4.69, 9.17) is 4.98 Å². The minimum Gasteiger partial charge on any atom is -0.355 e. The molecule has 0 spiro atoms. The molecule has 0 atom stereocenters. The number of carbonyl (C=O) groups is 2. The molecule has 5 rings (SSSR count). The number of nitrogens with zero attached hydrogens (tertiary/aromatic N) is 4. The highest BCUT2D eigenvalue weighted by atomic mass is 16.2. The zero-order chi connectivity index (χ0) is 24.8. The molecule has 3 aliphatic rings. The lowest BCUT2D eigenvalue weighted by Gasteiger charge is -2.30. The number of hydrogen-bond donors (Lipinski definition) is 3. The van der Waals surface area contributed by atoms with Crippen LogP contribution in [-0.4, -0.2) is 61.6 Å². The number of aromatic nitrogens is 2. The summed E-state index contributed by atoms with van der Waals surface area (Å²) in [5.41, 5.74) is 3.13. The number of benzene rings is 1. The second-order valence-electron chi connectivity index (χ2n) is 9.43. The van der Waals surface area contributed by atoms with Crippen molar-refractivity contribution in [3.8, 4) is 0 Å². The van der Waals surface area contributed by atoms with Crippen molar-refractivity contribution in [2.45, 2.75) is 57.9 Å². The average molecular weight is 480 g/mol. The van der Waals surface area contributed by atoms with E-state index in [-0.39, 0.29) is 11.8 Å². The van der Waals surface area contributed by atoms with Crippen LogP contribution in [0.1, 0.15) is 60.9 Å². The van der Waals surface area contributed by atoms with E-state index < -0.39 is 0 Å². The summed E-state index contributed by atoms with van der Waals surface area (Å²) in [6, 6.07) is 5.88. The maximum absolute atomic E-state index is 12.5. The Morgan fingerprint density at radius 3 is 2.51 bits per heavy atom. The van der Waals surface area contributed by atoms with Gasteiger partial charge in [0.15, 0.2) is 5.82 Å². The molecule has 2 aromatic rings. The van der Waals surface area contributed by atoms with Crippen LogP contribution in [0.5, 0.6) is 0 Å². The summed E-state index contributed by atoms with van der Waals surface area (Å²) in [7, 11) is 3.41. The van der Waals surface area contributed by atoms with Crippen LogP contribution in [0.2, 0.25) is 0 Å². The topological polar surface area (TPSA) is 102 Å². The number of carbonyl (C=O) groups excluding carboxylic acids is 2. The molecule has 3 N–H and O–H groups in total. The highest BCUT2D eigenvalue weighted by Crippen LogP contribution is 2.36. The van der Waals surface area contributed by atoms with Gasteiger partial charge in [0, 0.05) is 44.4 Å². The van der Waals surface area contributed by atoms with Crippen LogP contribution in [0.25, 0.3) is 0 Å². The minimum atomic E-state index is -0.120. The molecule has 9 nitrogen and oxygen atoms in total. The molecule has 1 saturated carbocycles. The number of anilines is 4. The summed E-state index contributed by atoms with van der Waals surface area (Å²) in [6.07, 6.45) is 9.67. The third-order valence-electron chi connectivity index (χ3n) is 7.01. The van der Waals surface area contributed by atoms with Gasteiger partial charge in [0.1, 0.15) is 5.69 Å². The van der Waals surface area contributed by atoms with E-state index in [9.17, 15) is 9.59 Å². The molecule has 0 bridgehead atoms. The van der Waals surface area contributed by atoms with E-state index in [2.05, 4.69) is 25.8 Å². The van der Waals surface area contributed by atoms with Gasteiger partial charge in [0.25, 0.3) is 5.91 Å². The van der Waals surface area contributed by atoms with Crippen molar-refractivity contribution in [3.63, 3.8) is 0 Å². The molecule has 188 valence electrons. The highest BCUT2D eigenvalue weighted by Gasteiger charge is 2.31. The molecule has 1 aromatic heterocycles. The van der Waals surface area contributed by atoms with Crippen LogP contribution in [0.4, 0.5) is 23.1 Å². The number of nitrogens with one attached hydrogen (secondary N) is 3. The van der Waals surface area contributed by atoms with Gasteiger partial charge in [0.2, 0.25) is 11.9 Å². The van der Waals surface area contributed by atoms with E-state index >= 15 is 0 Å². The molecule has 1 aromatic carbocycles. The monoisotopic (exact) mass is 479 g/mol. The van der Waals surface area contributed by atoms with E-state index in [0.717, 1.165) is 35.6 Å². The molecule has 2 amide bonds. The van der Waals surface area contributed by atoms with Gasteiger partial charge in [-0.05, 0) is 69.5 Å². The molecule has 2 fully saturated rings. The lowest BCUT2D eigenvalue weighted by molar-refractivity contribution is -0.118. The highest BCUT2D eigenvalue weighted by molar-refractivity contribution is 5.97. The van der Waals surface area contributed by atoms with Gasteiger partial charge in [-0.3, -0.25) is 9.59 Å².